The maximum atomic E-state index is 11.7. The summed E-state index contributed by atoms with van der Waals surface area (Å²) in [6, 6.07) is -0.110. The van der Waals surface area contributed by atoms with Crippen LogP contribution in [-0.2, 0) is 6.42 Å². The molecule has 0 bridgehead atoms. The lowest BCUT2D eigenvalue weighted by atomic mass is 10.1. The Bertz CT molecular complexity index is 350. The zero-order valence-corrected chi connectivity index (χ0v) is 9.82. The van der Waals surface area contributed by atoms with Crippen molar-refractivity contribution in [3.05, 3.63) is 11.6 Å². The van der Waals surface area contributed by atoms with Crippen LogP contribution in [0.2, 0.25) is 0 Å². The number of aryl methyl sites for hydroxylation is 1. The number of carbonyl (C=O) groups excluding carboxylic acids is 1. The summed E-state index contributed by atoms with van der Waals surface area (Å²) >= 11 is 0. The van der Waals surface area contributed by atoms with Crippen LogP contribution in [0, 0.1) is 5.92 Å². The number of aromatic amines is 1. The van der Waals surface area contributed by atoms with Crippen LogP contribution in [0.3, 0.4) is 0 Å². The lowest BCUT2D eigenvalue weighted by molar-refractivity contribution is 0.0906. The molecule has 1 rings (SSSR count). The second-order valence-electron chi connectivity index (χ2n) is 3.88. The summed E-state index contributed by atoms with van der Waals surface area (Å²) < 4.78 is 0. The van der Waals surface area contributed by atoms with Crippen LogP contribution < -0.4 is 5.32 Å². The molecule has 90 valence electrons. The summed E-state index contributed by atoms with van der Waals surface area (Å²) in [6.07, 6.45) is 0.711. The fraction of sp³-hybridized carbons (Fsp3) is 0.700. The van der Waals surface area contributed by atoms with Gasteiger partial charge in [0, 0.05) is 19.1 Å². The van der Waals surface area contributed by atoms with Crippen molar-refractivity contribution in [1.29, 1.82) is 0 Å². The van der Waals surface area contributed by atoms with Crippen LogP contribution >= 0.6 is 0 Å². The van der Waals surface area contributed by atoms with Crippen molar-refractivity contribution < 1.29 is 9.90 Å². The molecule has 16 heavy (non-hydrogen) atoms. The number of carbonyl (C=O) groups is 1. The molecule has 0 aliphatic carbocycles. The molecule has 1 aromatic heterocycles. The Labute approximate surface area is 94.5 Å². The van der Waals surface area contributed by atoms with Crippen LogP contribution in [0.25, 0.3) is 0 Å². The van der Waals surface area contributed by atoms with Gasteiger partial charge in [-0.15, -0.1) is 5.10 Å². The smallest absolute Gasteiger partial charge is 0.291 e. The largest absolute Gasteiger partial charge is 0.396 e. The molecule has 1 aromatic rings. The number of aliphatic hydroxyl groups is 1. The first-order chi connectivity index (χ1) is 7.58. The molecule has 0 spiro atoms. The molecular weight excluding hydrogens is 208 g/mol. The molecule has 0 saturated heterocycles. The van der Waals surface area contributed by atoms with Gasteiger partial charge in [0.2, 0.25) is 5.82 Å². The van der Waals surface area contributed by atoms with Gasteiger partial charge in [-0.2, -0.15) is 0 Å². The van der Waals surface area contributed by atoms with Crippen molar-refractivity contribution in [3.8, 4) is 0 Å². The monoisotopic (exact) mass is 226 g/mol. The normalized spacial score (nSPS) is 14.5. The third kappa shape index (κ3) is 3.03. The molecule has 2 atom stereocenters. The van der Waals surface area contributed by atoms with E-state index in [2.05, 4.69) is 20.5 Å². The molecule has 2 unspecified atom stereocenters. The lowest BCUT2D eigenvalue weighted by Gasteiger charge is -2.18. The van der Waals surface area contributed by atoms with Gasteiger partial charge in [-0.1, -0.05) is 13.8 Å². The predicted molar refractivity (Wildman–Crippen MR) is 58.9 cm³/mol. The van der Waals surface area contributed by atoms with E-state index in [1.54, 1.807) is 0 Å². The van der Waals surface area contributed by atoms with Crippen LogP contribution in [0.1, 0.15) is 37.2 Å². The third-order valence-corrected chi connectivity index (χ3v) is 2.57. The molecule has 0 fully saturated rings. The Balaban J connectivity index is 2.58. The lowest BCUT2D eigenvalue weighted by Crippen LogP contribution is -2.38. The van der Waals surface area contributed by atoms with Gasteiger partial charge in [-0.05, 0) is 12.8 Å². The van der Waals surface area contributed by atoms with Crippen molar-refractivity contribution in [2.24, 2.45) is 5.92 Å². The highest BCUT2D eigenvalue weighted by Gasteiger charge is 2.17. The van der Waals surface area contributed by atoms with Gasteiger partial charge >= 0.3 is 0 Å². The maximum Gasteiger partial charge on any atom is 0.291 e. The number of hydrogen-bond acceptors (Lipinski definition) is 4. The summed E-state index contributed by atoms with van der Waals surface area (Å²) in [5.74, 6) is 0.527. The number of aliphatic hydroxyl groups excluding tert-OH is 1. The number of nitrogens with one attached hydrogen (secondary N) is 2. The highest BCUT2D eigenvalue weighted by atomic mass is 16.3. The van der Waals surface area contributed by atoms with E-state index in [1.807, 2.05) is 20.8 Å². The summed E-state index contributed by atoms with van der Waals surface area (Å²) in [4.78, 5) is 15.7. The zero-order valence-electron chi connectivity index (χ0n) is 9.82. The van der Waals surface area contributed by atoms with Gasteiger partial charge in [0.05, 0.1) is 0 Å². The Morgan fingerprint density at radius 1 is 1.56 bits per heavy atom. The molecule has 1 amide bonds. The van der Waals surface area contributed by atoms with Crippen molar-refractivity contribution in [2.45, 2.75) is 33.2 Å². The summed E-state index contributed by atoms with van der Waals surface area (Å²) in [5.41, 5.74) is 0. The summed E-state index contributed by atoms with van der Waals surface area (Å²) in [7, 11) is 0. The number of rotatable bonds is 5. The van der Waals surface area contributed by atoms with Gasteiger partial charge in [0.1, 0.15) is 5.82 Å². The van der Waals surface area contributed by atoms with Crippen LogP contribution in [0.5, 0.6) is 0 Å². The number of aromatic nitrogens is 3. The molecule has 0 saturated carbocycles. The first-order valence-corrected chi connectivity index (χ1v) is 5.41. The fourth-order valence-corrected chi connectivity index (χ4v) is 1.13. The first-order valence-electron chi connectivity index (χ1n) is 5.41. The van der Waals surface area contributed by atoms with E-state index >= 15 is 0 Å². The van der Waals surface area contributed by atoms with Gasteiger partial charge in [-0.25, -0.2) is 4.98 Å². The quantitative estimate of drug-likeness (QED) is 0.664. The molecule has 3 N–H and O–H groups in total. The van der Waals surface area contributed by atoms with E-state index in [9.17, 15) is 4.79 Å². The average molecular weight is 226 g/mol. The molecule has 0 aliphatic heterocycles. The molecule has 0 radical (unpaired) electrons. The SMILES string of the molecule is CCc1nc(C(=O)NC(C)C(C)CO)n[nH]1. The van der Waals surface area contributed by atoms with Crippen LogP contribution in [0.4, 0.5) is 0 Å². The van der Waals surface area contributed by atoms with Gasteiger partial charge in [0.15, 0.2) is 0 Å². The van der Waals surface area contributed by atoms with E-state index in [0.29, 0.717) is 12.2 Å². The Kier molecular flexibility index (Phi) is 4.42. The third-order valence-electron chi connectivity index (χ3n) is 2.57. The minimum Gasteiger partial charge on any atom is -0.396 e. The van der Waals surface area contributed by atoms with E-state index < -0.39 is 0 Å². The van der Waals surface area contributed by atoms with Crippen LogP contribution in [-0.4, -0.2) is 38.8 Å². The Hall–Kier alpha value is -1.43. The standard InChI is InChI=1S/C10H18N4O2/c1-4-8-12-9(14-13-8)10(16)11-7(3)6(2)5-15/h6-7,15H,4-5H2,1-3H3,(H,11,16)(H,12,13,14). The molecule has 0 aliphatic rings. The molecule has 0 aromatic carbocycles. The Morgan fingerprint density at radius 2 is 2.25 bits per heavy atom. The van der Waals surface area contributed by atoms with E-state index in [4.69, 9.17) is 5.11 Å². The summed E-state index contributed by atoms with van der Waals surface area (Å²) in [6.45, 7) is 5.67. The molecule has 6 heteroatoms. The topological polar surface area (TPSA) is 90.9 Å². The van der Waals surface area contributed by atoms with Gasteiger partial charge < -0.3 is 10.4 Å². The van der Waals surface area contributed by atoms with Gasteiger partial charge in [0.25, 0.3) is 5.91 Å². The second-order valence-corrected chi connectivity index (χ2v) is 3.88. The van der Waals surface area contributed by atoms with E-state index in [0.717, 1.165) is 0 Å². The van der Waals surface area contributed by atoms with Crippen molar-refractivity contribution in [3.63, 3.8) is 0 Å². The number of nitrogens with zero attached hydrogens (tertiary/aromatic N) is 2. The maximum absolute atomic E-state index is 11.7. The van der Waals surface area contributed by atoms with E-state index in [-0.39, 0.29) is 30.3 Å². The average Bonchev–Trinajstić information content (AvgIpc) is 2.76. The Morgan fingerprint density at radius 3 is 2.75 bits per heavy atom. The minimum atomic E-state index is -0.316. The van der Waals surface area contributed by atoms with Crippen molar-refractivity contribution in [2.75, 3.05) is 6.61 Å². The van der Waals surface area contributed by atoms with Crippen molar-refractivity contribution in [1.82, 2.24) is 20.5 Å². The first kappa shape index (κ1) is 12.6. The molecular formula is C10H18N4O2. The zero-order chi connectivity index (χ0) is 12.1. The minimum absolute atomic E-state index is 0.00790. The fourth-order valence-electron chi connectivity index (χ4n) is 1.13. The summed E-state index contributed by atoms with van der Waals surface area (Å²) in [5, 5.41) is 18.2. The van der Waals surface area contributed by atoms with Gasteiger partial charge in [-0.3, -0.25) is 9.89 Å². The highest BCUT2D eigenvalue weighted by molar-refractivity contribution is 5.90. The number of H-pyrrole nitrogens is 1. The second kappa shape index (κ2) is 5.60. The predicted octanol–water partition coefficient (Wildman–Crippen LogP) is 0.114. The van der Waals surface area contributed by atoms with Crippen LogP contribution in [0.15, 0.2) is 0 Å². The van der Waals surface area contributed by atoms with Crippen molar-refractivity contribution >= 4 is 5.91 Å². The number of hydrogen-bond donors (Lipinski definition) is 3. The molecule has 1 heterocycles. The molecule has 6 nitrogen and oxygen atoms in total. The number of amides is 1. The van der Waals surface area contributed by atoms with E-state index in [1.165, 1.54) is 0 Å². The highest BCUT2D eigenvalue weighted by Crippen LogP contribution is 2.02.